The van der Waals surface area contributed by atoms with Crippen molar-refractivity contribution in [3.05, 3.63) is 59.7 Å². The number of hydrogen-bond acceptors (Lipinski definition) is 4. The summed E-state index contributed by atoms with van der Waals surface area (Å²) in [6.45, 7) is 2.58. The van der Waals surface area contributed by atoms with Crippen LogP contribution >= 0.6 is 0 Å². The maximum atomic E-state index is 12.2. The van der Waals surface area contributed by atoms with Gasteiger partial charge in [-0.3, -0.25) is 4.79 Å². The lowest BCUT2D eigenvalue weighted by Gasteiger charge is -2.08. The summed E-state index contributed by atoms with van der Waals surface area (Å²) in [4.78, 5) is 24.2. The molecular formula is C21H25NO4. The molecule has 2 aromatic rings. The number of ether oxygens (including phenoxy) is 2. The molecule has 5 nitrogen and oxygen atoms in total. The van der Waals surface area contributed by atoms with Gasteiger partial charge in [0.1, 0.15) is 5.75 Å². The average Bonchev–Trinajstić information content (AvgIpc) is 2.68. The van der Waals surface area contributed by atoms with Crippen LogP contribution in [-0.4, -0.2) is 25.6 Å². The standard InChI is InChI=1S/C21H25NO4/c1-3-4-5-6-15-26-21(24)17-7-11-18(12-8-17)22-20(23)16-9-13-19(25-2)14-10-16/h7-14H,3-6,15H2,1-2H3,(H,22,23). The largest absolute Gasteiger partial charge is 0.497 e. The molecule has 1 amide bonds. The molecule has 0 bridgehead atoms. The Bertz CT molecular complexity index is 708. The summed E-state index contributed by atoms with van der Waals surface area (Å²) < 4.78 is 10.3. The van der Waals surface area contributed by atoms with Crippen LogP contribution in [0.4, 0.5) is 5.69 Å². The molecule has 0 atom stereocenters. The second kappa shape index (κ2) is 10.2. The molecule has 0 saturated heterocycles. The van der Waals surface area contributed by atoms with E-state index in [0.29, 0.717) is 29.2 Å². The first-order chi connectivity index (χ1) is 12.6. The monoisotopic (exact) mass is 355 g/mol. The Kier molecular flexibility index (Phi) is 7.68. The van der Waals surface area contributed by atoms with Gasteiger partial charge in [-0.05, 0) is 55.0 Å². The Morgan fingerprint density at radius 2 is 1.54 bits per heavy atom. The number of esters is 1. The molecule has 5 heteroatoms. The quantitative estimate of drug-likeness (QED) is 0.524. The summed E-state index contributed by atoms with van der Waals surface area (Å²) >= 11 is 0. The predicted octanol–water partition coefficient (Wildman–Crippen LogP) is 4.68. The molecule has 0 heterocycles. The van der Waals surface area contributed by atoms with Gasteiger partial charge in [-0.2, -0.15) is 0 Å². The van der Waals surface area contributed by atoms with Crippen molar-refractivity contribution in [2.24, 2.45) is 0 Å². The maximum Gasteiger partial charge on any atom is 0.338 e. The fourth-order valence-corrected chi connectivity index (χ4v) is 2.41. The first-order valence-corrected chi connectivity index (χ1v) is 8.86. The summed E-state index contributed by atoms with van der Waals surface area (Å²) in [5.41, 5.74) is 1.62. The fourth-order valence-electron chi connectivity index (χ4n) is 2.41. The van der Waals surface area contributed by atoms with Gasteiger partial charge in [-0.15, -0.1) is 0 Å². The molecule has 2 aromatic carbocycles. The molecule has 0 radical (unpaired) electrons. The maximum absolute atomic E-state index is 12.2. The Balaban J connectivity index is 1.86. The van der Waals surface area contributed by atoms with Crippen LogP contribution in [0.2, 0.25) is 0 Å². The van der Waals surface area contributed by atoms with Gasteiger partial charge in [0, 0.05) is 11.3 Å². The van der Waals surface area contributed by atoms with Crippen LogP contribution in [0.3, 0.4) is 0 Å². The highest BCUT2D eigenvalue weighted by molar-refractivity contribution is 6.04. The Morgan fingerprint density at radius 1 is 0.885 bits per heavy atom. The van der Waals surface area contributed by atoms with Crippen LogP contribution in [0.5, 0.6) is 5.75 Å². The van der Waals surface area contributed by atoms with Gasteiger partial charge in [-0.25, -0.2) is 4.79 Å². The molecule has 0 saturated carbocycles. The fraction of sp³-hybridized carbons (Fsp3) is 0.333. The van der Waals surface area contributed by atoms with Crippen LogP contribution in [0.1, 0.15) is 53.3 Å². The zero-order chi connectivity index (χ0) is 18.8. The number of carbonyl (C=O) groups excluding carboxylic acids is 2. The van der Waals surface area contributed by atoms with E-state index in [9.17, 15) is 9.59 Å². The molecule has 138 valence electrons. The van der Waals surface area contributed by atoms with Gasteiger partial charge in [0.05, 0.1) is 19.3 Å². The number of unbranched alkanes of at least 4 members (excludes halogenated alkanes) is 3. The molecule has 0 aliphatic carbocycles. The minimum atomic E-state index is -0.338. The van der Waals surface area contributed by atoms with Gasteiger partial charge >= 0.3 is 5.97 Å². The van der Waals surface area contributed by atoms with E-state index in [1.54, 1.807) is 55.6 Å². The van der Waals surface area contributed by atoms with E-state index in [4.69, 9.17) is 9.47 Å². The number of carbonyl (C=O) groups is 2. The van der Waals surface area contributed by atoms with Crippen molar-refractivity contribution >= 4 is 17.6 Å². The summed E-state index contributed by atoms with van der Waals surface area (Å²) in [5, 5.41) is 2.80. The lowest BCUT2D eigenvalue weighted by Crippen LogP contribution is -2.12. The lowest BCUT2D eigenvalue weighted by atomic mass is 10.1. The number of methoxy groups -OCH3 is 1. The summed E-state index contributed by atoms with van der Waals surface area (Å²) in [5.74, 6) is 0.132. The zero-order valence-corrected chi connectivity index (χ0v) is 15.3. The Hall–Kier alpha value is -2.82. The second-order valence-electron chi connectivity index (χ2n) is 5.96. The minimum absolute atomic E-state index is 0.223. The van der Waals surface area contributed by atoms with Crippen molar-refractivity contribution in [3.63, 3.8) is 0 Å². The molecule has 1 N–H and O–H groups in total. The smallest absolute Gasteiger partial charge is 0.338 e. The summed E-state index contributed by atoms with van der Waals surface area (Å²) in [6, 6.07) is 13.5. The highest BCUT2D eigenvalue weighted by atomic mass is 16.5. The van der Waals surface area contributed by atoms with Crippen LogP contribution in [0, 0.1) is 0 Å². The predicted molar refractivity (Wildman–Crippen MR) is 102 cm³/mol. The molecule has 2 rings (SSSR count). The third kappa shape index (κ3) is 5.92. The van der Waals surface area contributed by atoms with Crippen molar-refractivity contribution < 1.29 is 19.1 Å². The molecule has 0 aliphatic heterocycles. The Morgan fingerprint density at radius 3 is 2.15 bits per heavy atom. The minimum Gasteiger partial charge on any atom is -0.497 e. The Labute approximate surface area is 154 Å². The zero-order valence-electron chi connectivity index (χ0n) is 15.3. The molecule has 0 spiro atoms. The third-order valence-electron chi connectivity index (χ3n) is 3.96. The van der Waals surface area contributed by atoms with E-state index < -0.39 is 0 Å². The van der Waals surface area contributed by atoms with Crippen LogP contribution < -0.4 is 10.1 Å². The van der Waals surface area contributed by atoms with Gasteiger partial charge in [0.2, 0.25) is 0 Å². The topological polar surface area (TPSA) is 64.6 Å². The third-order valence-corrected chi connectivity index (χ3v) is 3.96. The highest BCUT2D eigenvalue weighted by Gasteiger charge is 2.09. The SMILES string of the molecule is CCCCCCOC(=O)c1ccc(NC(=O)c2ccc(OC)cc2)cc1. The number of amides is 1. The molecule has 0 aromatic heterocycles. The van der Waals surface area contributed by atoms with E-state index >= 15 is 0 Å². The van der Waals surface area contributed by atoms with Crippen molar-refractivity contribution in [3.8, 4) is 5.75 Å². The van der Waals surface area contributed by atoms with E-state index in [1.165, 1.54) is 0 Å². The number of hydrogen-bond donors (Lipinski definition) is 1. The highest BCUT2D eigenvalue weighted by Crippen LogP contribution is 2.15. The number of rotatable bonds is 9. The van der Waals surface area contributed by atoms with Crippen molar-refractivity contribution in [2.75, 3.05) is 19.0 Å². The first-order valence-electron chi connectivity index (χ1n) is 8.86. The second-order valence-corrected chi connectivity index (χ2v) is 5.96. The summed E-state index contributed by atoms with van der Waals surface area (Å²) in [6.07, 6.45) is 4.26. The number of benzene rings is 2. The number of nitrogens with one attached hydrogen (secondary N) is 1. The van der Waals surface area contributed by atoms with Crippen molar-refractivity contribution in [1.82, 2.24) is 0 Å². The van der Waals surface area contributed by atoms with Crippen LogP contribution in [0.15, 0.2) is 48.5 Å². The summed E-state index contributed by atoms with van der Waals surface area (Å²) in [7, 11) is 1.58. The average molecular weight is 355 g/mol. The van der Waals surface area contributed by atoms with E-state index in [1.807, 2.05) is 0 Å². The van der Waals surface area contributed by atoms with Crippen molar-refractivity contribution in [1.29, 1.82) is 0 Å². The van der Waals surface area contributed by atoms with E-state index in [0.717, 1.165) is 25.7 Å². The normalized spacial score (nSPS) is 10.2. The molecule has 0 fully saturated rings. The van der Waals surface area contributed by atoms with Gasteiger partial charge in [0.25, 0.3) is 5.91 Å². The van der Waals surface area contributed by atoms with Crippen molar-refractivity contribution in [2.45, 2.75) is 32.6 Å². The van der Waals surface area contributed by atoms with Gasteiger partial charge in [-0.1, -0.05) is 26.2 Å². The molecule has 0 aliphatic rings. The van der Waals surface area contributed by atoms with Gasteiger partial charge in [0.15, 0.2) is 0 Å². The van der Waals surface area contributed by atoms with Gasteiger partial charge < -0.3 is 14.8 Å². The van der Waals surface area contributed by atoms with Crippen LogP contribution in [0.25, 0.3) is 0 Å². The van der Waals surface area contributed by atoms with E-state index in [2.05, 4.69) is 12.2 Å². The van der Waals surface area contributed by atoms with E-state index in [-0.39, 0.29) is 11.9 Å². The molecular weight excluding hydrogens is 330 g/mol. The lowest BCUT2D eigenvalue weighted by molar-refractivity contribution is 0.0498. The number of anilines is 1. The van der Waals surface area contributed by atoms with Crippen LogP contribution in [-0.2, 0) is 4.74 Å². The molecule has 0 unspecified atom stereocenters. The molecule has 26 heavy (non-hydrogen) atoms. The first kappa shape index (κ1) is 19.5.